The average Bonchev–Trinajstić information content (AvgIpc) is 3.08. The zero-order valence-electron chi connectivity index (χ0n) is 13.8. The van der Waals surface area contributed by atoms with Gasteiger partial charge in [0.15, 0.2) is 16.1 Å². The van der Waals surface area contributed by atoms with E-state index in [-0.39, 0.29) is 42.0 Å². The standard InChI is InChI=1S/C15H18FN3O5S/c1-10(20)17(2)14-8-19(15(21)24-14)11-3-4-13(12(16)7-11)18-5-6-25(22,23)9-18/h3-4,7,14H,5-6,8-9H2,1-2H3. The molecule has 0 spiro atoms. The van der Waals surface area contributed by atoms with Gasteiger partial charge in [0.25, 0.3) is 0 Å². The van der Waals surface area contributed by atoms with Gasteiger partial charge >= 0.3 is 6.09 Å². The van der Waals surface area contributed by atoms with Gasteiger partial charge in [0.1, 0.15) is 11.7 Å². The Kier molecular flexibility index (Phi) is 4.31. The lowest BCUT2D eigenvalue weighted by molar-refractivity contribution is -0.134. The number of amides is 2. The molecule has 10 heteroatoms. The fourth-order valence-corrected chi connectivity index (χ4v) is 4.16. The number of hydrogen-bond acceptors (Lipinski definition) is 6. The van der Waals surface area contributed by atoms with Crippen molar-refractivity contribution in [2.24, 2.45) is 0 Å². The predicted octanol–water partition coefficient (Wildman–Crippen LogP) is 0.779. The number of anilines is 2. The maximum absolute atomic E-state index is 14.4. The number of sulfone groups is 1. The van der Waals surface area contributed by atoms with E-state index in [1.165, 1.54) is 40.8 Å². The predicted molar refractivity (Wildman–Crippen MR) is 88.5 cm³/mol. The highest BCUT2D eigenvalue weighted by Gasteiger charge is 2.36. The van der Waals surface area contributed by atoms with Crippen LogP contribution >= 0.6 is 0 Å². The fourth-order valence-electron chi connectivity index (χ4n) is 2.79. The van der Waals surface area contributed by atoms with Crippen molar-refractivity contribution in [3.8, 4) is 0 Å². The van der Waals surface area contributed by atoms with Gasteiger partial charge in [-0.2, -0.15) is 0 Å². The monoisotopic (exact) mass is 371 g/mol. The van der Waals surface area contributed by atoms with E-state index in [9.17, 15) is 22.4 Å². The molecule has 8 nitrogen and oxygen atoms in total. The van der Waals surface area contributed by atoms with Crippen molar-refractivity contribution in [1.29, 1.82) is 0 Å². The lowest BCUT2D eigenvalue weighted by Gasteiger charge is -2.21. The van der Waals surface area contributed by atoms with E-state index < -0.39 is 28.0 Å². The van der Waals surface area contributed by atoms with Crippen molar-refractivity contribution in [3.05, 3.63) is 24.0 Å². The van der Waals surface area contributed by atoms with Crippen molar-refractivity contribution >= 4 is 33.2 Å². The Hall–Kier alpha value is -2.36. The van der Waals surface area contributed by atoms with E-state index >= 15 is 0 Å². The highest BCUT2D eigenvalue weighted by molar-refractivity contribution is 7.91. The summed E-state index contributed by atoms with van der Waals surface area (Å²) in [4.78, 5) is 27.4. The van der Waals surface area contributed by atoms with E-state index in [0.717, 1.165) is 6.07 Å². The largest absolute Gasteiger partial charge is 0.423 e. The Morgan fingerprint density at radius 2 is 2.12 bits per heavy atom. The number of halogens is 1. The van der Waals surface area contributed by atoms with Crippen molar-refractivity contribution in [2.45, 2.75) is 13.2 Å². The number of carbonyl (C=O) groups excluding carboxylic acids is 2. The van der Waals surface area contributed by atoms with Crippen LogP contribution in [0.1, 0.15) is 6.92 Å². The number of benzene rings is 1. The molecular formula is C15H18FN3O5S. The van der Waals surface area contributed by atoms with Crippen LogP contribution in [0.15, 0.2) is 18.2 Å². The SMILES string of the molecule is CC(=O)N(C)C1CN(c2ccc(N3CCS(=O)(=O)C3)c(F)c2)C(=O)O1. The Balaban J connectivity index is 1.79. The molecule has 0 aliphatic carbocycles. The molecule has 2 amide bonds. The molecule has 1 aromatic rings. The second-order valence-corrected chi connectivity index (χ2v) is 8.21. The lowest BCUT2D eigenvalue weighted by Crippen LogP contribution is -2.38. The van der Waals surface area contributed by atoms with E-state index in [1.807, 2.05) is 0 Å². The maximum Gasteiger partial charge on any atom is 0.416 e. The molecule has 2 aliphatic rings. The van der Waals surface area contributed by atoms with Gasteiger partial charge in [-0.05, 0) is 18.2 Å². The summed E-state index contributed by atoms with van der Waals surface area (Å²) in [5, 5.41) is 0. The van der Waals surface area contributed by atoms with Gasteiger partial charge in [-0.25, -0.2) is 17.6 Å². The van der Waals surface area contributed by atoms with Gasteiger partial charge in [0, 0.05) is 20.5 Å². The van der Waals surface area contributed by atoms with Crippen LogP contribution in [0.4, 0.5) is 20.6 Å². The fraction of sp³-hybridized carbons (Fsp3) is 0.467. The maximum atomic E-state index is 14.4. The first-order chi connectivity index (χ1) is 11.7. The summed E-state index contributed by atoms with van der Waals surface area (Å²) in [6.45, 7) is 1.68. The second kappa shape index (κ2) is 6.17. The third-order valence-corrected chi connectivity index (χ3v) is 5.84. The molecule has 0 aromatic heterocycles. The summed E-state index contributed by atoms with van der Waals surface area (Å²) >= 11 is 0. The number of nitrogens with zero attached hydrogens (tertiary/aromatic N) is 3. The number of carbonyl (C=O) groups is 2. The van der Waals surface area contributed by atoms with Crippen molar-refractivity contribution in [3.63, 3.8) is 0 Å². The Bertz CT molecular complexity index is 828. The van der Waals surface area contributed by atoms with Gasteiger partial charge in [-0.3, -0.25) is 9.69 Å². The van der Waals surface area contributed by atoms with Crippen molar-refractivity contribution in [1.82, 2.24) is 4.90 Å². The highest BCUT2D eigenvalue weighted by Crippen LogP contribution is 2.29. The summed E-state index contributed by atoms with van der Waals surface area (Å²) in [6.07, 6.45) is -1.41. The van der Waals surface area contributed by atoms with Crippen LogP contribution in [0, 0.1) is 5.82 Å². The first-order valence-corrected chi connectivity index (χ1v) is 9.46. The van der Waals surface area contributed by atoms with Gasteiger partial charge in [-0.15, -0.1) is 0 Å². The van der Waals surface area contributed by atoms with E-state index in [4.69, 9.17) is 4.74 Å². The quantitative estimate of drug-likeness (QED) is 0.780. The summed E-state index contributed by atoms with van der Waals surface area (Å²) in [5.41, 5.74) is 0.461. The highest BCUT2D eigenvalue weighted by atomic mass is 32.2. The summed E-state index contributed by atoms with van der Waals surface area (Å²) < 4.78 is 42.6. The molecule has 3 rings (SSSR count). The van der Waals surface area contributed by atoms with Crippen LogP contribution in [0.25, 0.3) is 0 Å². The van der Waals surface area contributed by atoms with Crippen LogP contribution < -0.4 is 9.80 Å². The van der Waals surface area contributed by atoms with E-state index in [2.05, 4.69) is 0 Å². The van der Waals surface area contributed by atoms with Crippen LogP contribution in [-0.4, -0.2) is 63.3 Å². The molecule has 2 heterocycles. The second-order valence-electron chi connectivity index (χ2n) is 6.05. The van der Waals surface area contributed by atoms with Crippen LogP contribution in [-0.2, 0) is 19.4 Å². The van der Waals surface area contributed by atoms with Crippen LogP contribution in [0.3, 0.4) is 0 Å². The molecule has 0 bridgehead atoms. The average molecular weight is 371 g/mol. The van der Waals surface area contributed by atoms with E-state index in [0.29, 0.717) is 0 Å². The zero-order valence-corrected chi connectivity index (χ0v) is 14.6. The summed E-state index contributed by atoms with van der Waals surface area (Å²) in [6, 6.07) is 4.14. The molecule has 1 unspecified atom stereocenters. The molecule has 0 radical (unpaired) electrons. The molecule has 2 fully saturated rings. The third-order valence-electron chi connectivity index (χ3n) is 4.33. The molecule has 1 aromatic carbocycles. The van der Waals surface area contributed by atoms with Crippen molar-refractivity contribution < 1.29 is 27.1 Å². The lowest BCUT2D eigenvalue weighted by atomic mass is 10.2. The van der Waals surface area contributed by atoms with Gasteiger partial charge in [0.2, 0.25) is 5.91 Å². The summed E-state index contributed by atoms with van der Waals surface area (Å²) in [7, 11) is -1.67. The number of hydrogen-bond donors (Lipinski definition) is 0. The number of cyclic esters (lactones) is 1. The minimum Gasteiger partial charge on any atom is -0.423 e. The molecule has 0 saturated carbocycles. The zero-order chi connectivity index (χ0) is 18.4. The molecule has 25 heavy (non-hydrogen) atoms. The number of ether oxygens (including phenoxy) is 1. The Morgan fingerprint density at radius 3 is 2.68 bits per heavy atom. The topological polar surface area (TPSA) is 87.2 Å². The normalized spacial score (nSPS) is 22.2. The number of likely N-dealkylation sites (N-methyl/N-ethyl adjacent to an activating group) is 1. The molecule has 0 N–H and O–H groups in total. The smallest absolute Gasteiger partial charge is 0.416 e. The molecule has 2 saturated heterocycles. The minimum atomic E-state index is -3.18. The molecular weight excluding hydrogens is 353 g/mol. The van der Waals surface area contributed by atoms with Crippen LogP contribution in [0.2, 0.25) is 0 Å². The first-order valence-electron chi connectivity index (χ1n) is 7.64. The van der Waals surface area contributed by atoms with Crippen LogP contribution in [0.5, 0.6) is 0 Å². The molecule has 136 valence electrons. The van der Waals surface area contributed by atoms with Crippen molar-refractivity contribution in [2.75, 3.05) is 41.6 Å². The minimum absolute atomic E-state index is 0.00823. The summed E-state index contributed by atoms with van der Waals surface area (Å²) in [5.74, 6) is -1.10. The third kappa shape index (κ3) is 3.39. The van der Waals surface area contributed by atoms with Gasteiger partial charge in [0.05, 0.1) is 23.7 Å². The van der Waals surface area contributed by atoms with Gasteiger partial charge < -0.3 is 14.5 Å². The number of rotatable bonds is 3. The Labute approximate surface area is 144 Å². The van der Waals surface area contributed by atoms with Gasteiger partial charge in [-0.1, -0.05) is 0 Å². The Morgan fingerprint density at radius 1 is 1.40 bits per heavy atom. The van der Waals surface area contributed by atoms with E-state index in [1.54, 1.807) is 0 Å². The molecule has 2 aliphatic heterocycles. The first kappa shape index (κ1) is 17.5. The molecule has 1 atom stereocenters.